The Morgan fingerprint density at radius 3 is 2.04 bits per heavy atom. The van der Waals surface area contributed by atoms with Crippen LogP contribution in [0.3, 0.4) is 0 Å². The van der Waals surface area contributed by atoms with Gasteiger partial charge in [-0.15, -0.1) is 0 Å². The molecular weight excluding hydrogens is 352 g/mol. The molecule has 1 atom stereocenters. The smallest absolute Gasteiger partial charge is 0.184 e. The third kappa shape index (κ3) is 5.18. The summed E-state index contributed by atoms with van der Waals surface area (Å²) >= 11 is 0. The van der Waals surface area contributed by atoms with E-state index in [2.05, 4.69) is 0 Å². The van der Waals surface area contributed by atoms with Gasteiger partial charge in [-0.2, -0.15) is 0 Å². The molecule has 3 rings (SSSR count). The van der Waals surface area contributed by atoms with Crippen LogP contribution in [0.2, 0.25) is 0 Å². The minimum absolute atomic E-state index is 0.379. The van der Waals surface area contributed by atoms with Gasteiger partial charge in [-0.1, -0.05) is 90.5 Å². The van der Waals surface area contributed by atoms with Crippen molar-refractivity contribution in [3.63, 3.8) is 0 Å². The van der Waals surface area contributed by atoms with Crippen molar-refractivity contribution in [2.75, 3.05) is 0 Å². The summed E-state index contributed by atoms with van der Waals surface area (Å²) in [6.45, 7) is 1.96. The summed E-state index contributed by atoms with van der Waals surface area (Å²) in [6, 6.07) is 26.9. The monoisotopic (exact) mass is 376 g/mol. The van der Waals surface area contributed by atoms with E-state index in [4.69, 9.17) is 0 Å². The first kappa shape index (κ1) is 19.1. The van der Waals surface area contributed by atoms with Gasteiger partial charge in [-0.25, -0.2) is 8.42 Å². The second-order valence-corrected chi connectivity index (χ2v) is 8.86. The summed E-state index contributed by atoms with van der Waals surface area (Å²) in [5, 5.41) is -0.569. The second kappa shape index (κ2) is 8.83. The summed E-state index contributed by atoms with van der Waals surface area (Å²) in [6.07, 6.45) is 4.99. The van der Waals surface area contributed by atoms with Crippen molar-refractivity contribution in [3.8, 4) is 0 Å². The predicted molar refractivity (Wildman–Crippen MR) is 112 cm³/mol. The summed E-state index contributed by atoms with van der Waals surface area (Å²) in [7, 11) is -3.44. The first-order chi connectivity index (χ1) is 13.1. The van der Waals surface area contributed by atoms with Crippen LogP contribution in [0.25, 0.3) is 6.08 Å². The van der Waals surface area contributed by atoms with Crippen LogP contribution < -0.4 is 0 Å². The lowest BCUT2D eigenvalue weighted by Gasteiger charge is -2.15. The molecule has 0 N–H and O–H groups in total. The maximum atomic E-state index is 13.2. The third-order valence-electron chi connectivity index (χ3n) is 4.61. The van der Waals surface area contributed by atoms with Gasteiger partial charge in [0.2, 0.25) is 0 Å². The molecule has 0 aliphatic rings. The van der Waals surface area contributed by atoms with Gasteiger partial charge in [0.25, 0.3) is 0 Å². The molecule has 0 fully saturated rings. The van der Waals surface area contributed by atoms with E-state index < -0.39 is 15.1 Å². The lowest BCUT2D eigenvalue weighted by molar-refractivity contribution is 0.584. The van der Waals surface area contributed by atoms with Gasteiger partial charge < -0.3 is 0 Å². The lowest BCUT2D eigenvalue weighted by atomic mass is 10.1. The quantitative estimate of drug-likeness (QED) is 0.547. The first-order valence-corrected chi connectivity index (χ1v) is 10.7. The van der Waals surface area contributed by atoms with Crippen molar-refractivity contribution < 1.29 is 8.42 Å². The van der Waals surface area contributed by atoms with Crippen LogP contribution in [0.5, 0.6) is 0 Å². The Morgan fingerprint density at radius 1 is 0.815 bits per heavy atom. The van der Waals surface area contributed by atoms with E-state index in [0.29, 0.717) is 11.3 Å². The highest BCUT2D eigenvalue weighted by Crippen LogP contribution is 2.22. The molecule has 27 heavy (non-hydrogen) atoms. The Hall–Kier alpha value is -2.65. The third-order valence-corrected chi connectivity index (χ3v) is 6.73. The average molecular weight is 377 g/mol. The number of hydrogen-bond acceptors (Lipinski definition) is 2. The zero-order valence-corrected chi connectivity index (χ0v) is 16.3. The van der Waals surface area contributed by atoms with Crippen molar-refractivity contribution in [2.45, 2.75) is 29.9 Å². The number of aryl methyl sites for hydroxylation is 2. The minimum Gasteiger partial charge on any atom is -0.223 e. The Balaban J connectivity index is 1.88. The molecule has 0 amide bonds. The van der Waals surface area contributed by atoms with Gasteiger partial charge in [0, 0.05) is 0 Å². The fourth-order valence-electron chi connectivity index (χ4n) is 2.99. The topological polar surface area (TPSA) is 34.1 Å². The van der Waals surface area contributed by atoms with Crippen molar-refractivity contribution in [3.05, 3.63) is 108 Å². The van der Waals surface area contributed by atoms with Crippen molar-refractivity contribution in [1.82, 2.24) is 0 Å². The van der Waals surface area contributed by atoms with E-state index in [-0.39, 0.29) is 0 Å². The van der Waals surface area contributed by atoms with E-state index >= 15 is 0 Å². The molecule has 0 unspecified atom stereocenters. The van der Waals surface area contributed by atoms with Crippen LogP contribution in [0.1, 0.15) is 23.1 Å². The molecule has 0 spiro atoms. The Bertz CT molecular complexity index is 974. The van der Waals surface area contributed by atoms with E-state index in [1.807, 2.05) is 91.9 Å². The molecule has 2 nitrogen and oxygen atoms in total. The highest BCUT2D eigenvalue weighted by molar-refractivity contribution is 7.92. The summed E-state index contributed by atoms with van der Waals surface area (Å²) < 4.78 is 26.5. The Kier molecular flexibility index (Phi) is 6.25. The largest absolute Gasteiger partial charge is 0.223 e. The highest BCUT2D eigenvalue weighted by atomic mass is 32.2. The second-order valence-electron chi connectivity index (χ2n) is 6.69. The van der Waals surface area contributed by atoms with Crippen LogP contribution in [-0.4, -0.2) is 13.7 Å². The van der Waals surface area contributed by atoms with E-state index in [1.165, 1.54) is 0 Å². The van der Waals surface area contributed by atoms with Crippen LogP contribution in [0.4, 0.5) is 0 Å². The van der Waals surface area contributed by atoms with Crippen LogP contribution in [0.15, 0.2) is 95.9 Å². The highest BCUT2D eigenvalue weighted by Gasteiger charge is 2.25. The summed E-state index contributed by atoms with van der Waals surface area (Å²) in [5.74, 6) is 0. The van der Waals surface area contributed by atoms with Gasteiger partial charge >= 0.3 is 0 Å². The molecule has 0 aliphatic carbocycles. The molecule has 0 aromatic heterocycles. The summed E-state index contributed by atoms with van der Waals surface area (Å²) in [4.78, 5) is 0.379. The number of benzene rings is 3. The Labute approximate surface area is 162 Å². The number of rotatable bonds is 7. The molecule has 138 valence electrons. The molecule has 0 saturated carbocycles. The van der Waals surface area contributed by atoms with Gasteiger partial charge in [0.15, 0.2) is 9.84 Å². The van der Waals surface area contributed by atoms with Crippen molar-refractivity contribution in [2.24, 2.45) is 0 Å². The predicted octanol–water partition coefficient (Wildman–Crippen LogP) is 5.48. The maximum Gasteiger partial charge on any atom is 0.184 e. The fourth-order valence-corrected chi connectivity index (χ4v) is 4.57. The molecular formula is C24H24O2S. The van der Waals surface area contributed by atoms with E-state index in [0.717, 1.165) is 23.1 Å². The molecule has 0 heterocycles. The van der Waals surface area contributed by atoms with Crippen LogP contribution in [0, 0.1) is 6.92 Å². The minimum atomic E-state index is -3.44. The Morgan fingerprint density at radius 2 is 1.41 bits per heavy atom. The van der Waals surface area contributed by atoms with Gasteiger partial charge in [-0.05, 0) is 43.0 Å². The summed E-state index contributed by atoms with van der Waals surface area (Å²) in [5.41, 5.74) is 3.20. The van der Waals surface area contributed by atoms with Crippen LogP contribution in [-0.2, 0) is 16.3 Å². The lowest BCUT2D eigenvalue weighted by Crippen LogP contribution is -2.20. The maximum absolute atomic E-state index is 13.2. The molecule has 3 aromatic carbocycles. The molecule has 0 bridgehead atoms. The molecule has 0 saturated heterocycles. The fraction of sp³-hybridized carbons (Fsp3) is 0.167. The SMILES string of the molecule is Cc1ccc(S(=O)(=O)[C@@H](/C=C/c2ccccc2)CCc2ccccc2)cc1. The molecule has 3 aromatic rings. The van der Waals surface area contributed by atoms with Gasteiger partial charge in [0.05, 0.1) is 10.1 Å². The normalized spacial score (nSPS) is 12.9. The number of hydrogen-bond donors (Lipinski definition) is 0. The van der Waals surface area contributed by atoms with Crippen molar-refractivity contribution >= 4 is 15.9 Å². The molecule has 0 radical (unpaired) electrons. The number of sulfone groups is 1. The van der Waals surface area contributed by atoms with E-state index in [9.17, 15) is 8.42 Å². The standard InChI is InChI=1S/C24H24O2S/c1-20-12-16-23(17-13-20)27(25,26)24(18-14-21-8-4-2-5-9-21)19-15-22-10-6-3-7-11-22/h2-14,16-18,24H,15,19H2,1H3/b18-14+/t24-/m0/s1. The van der Waals surface area contributed by atoms with Gasteiger partial charge in [-0.3, -0.25) is 0 Å². The average Bonchev–Trinajstić information content (AvgIpc) is 2.69. The van der Waals surface area contributed by atoms with E-state index in [1.54, 1.807) is 12.1 Å². The van der Waals surface area contributed by atoms with Crippen molar-refractivity contribution in [1.29, 1.82) is 0 Å². The zero-order chi connectivity index (χ0) is 19.1. The van der Waals surface area contributed by atoms with Crippen LogP contribution >= 0.6 is 0 Å². The molecule has 0 aliphatic heterocycles. The molecule has 3 heteroatoms. The van der Waals surface area contributed by atoms with Gasteiger partial charge in [0.1, 0.15) is 0 Å². The zero-order valence-electron chi connectivity index (χ0n) is 15.5. The first-order valence-electron chi connectivity index (χ1n) is 9.13.